The summed E-state index contributed by atoms with van der Waals surface area (Å²) in [6, 6.07) is 13.7. The van der Waals surface area contributed by atoms with Crippen molar-refractivity contribution in [3.8, 4) is 0 Å². The Kier molecular flexibility index (Phi) is 5.66. The molecule has 0 aliphatic rings. The molecule has 0 radical (unpaired) electrons. The zero-order valence-electron chi connectivity index (χ0n) is 13.9. The van der Waals surface area contributed by atoms with Gasteiger partial charge in [0.25, 0.3) is 0 Å². The first-order valence-corrected chi connectivity index (χ1v) is 9.62. The van der Waals surface area contributed by atoms with Gasteiger partial charge in [0, 0.05) is 17.1 Å². The highest BCUT2D eigenvalue weighted by Crippen LogP contribution is 2.27. The molecular weight excluding hydrogens is 308 g/mol. The molecule has 4 nitrogen and oxygen atoms in total. The lowest BCUT2D eigenvalue weighted by atomic mass is 10.0. The summed E-state index contributed by atoms with van der Waals surface area (Å²) in [5.74, 6) is 0.0662. The first-order valence-electron chi connectivity index (χ1n) is 7.97. The van der Waals surface area contributed by atoms with Crippen LogP contribution in [0.15, 0.2) is 42.5 Å². The fraction of sp³-hybridized carbons (Fsp3) is 0.333. The summed E-state index contributed by atoms with van der Waals surface area (Å²) in [6.45, 7) is 5.90. The maximum atomic E-state index is 11.6. The van der Waals surface area contributed by atoms with E-state index < -0.39 is 10.0 Å². The normalized spacial score (nSPS) is 11.3. The molecule has 23 heavy (non-hydrogen) atoms. The maximum absolute atomic E-state index is 11.6. The highest BCUT2D eigenvalue weighted by Gasteiger charge is 2.08. The molecular formula is C18H24N2O2S. The lowest BCUT2D eigenvalue weighted by Gasteiger charge is -2.16. The van der Waals surface area contributed by atoms with Crippen molar-refractivity contribution in [2.45, 2.75) is 33.6 Å². The number of rotatable bonds is 7. The van der Waals surface area contributed by atoms with E-state index in [1.54, 1.807) is 19.1 Å². The van der Waals surface area contributed by atoms with E-state index in [4.69, 9.17) is 0 Å². The Morgan fingerprint density at radius 2 is 1.35 bits per heavy atom. The average Bonchev–Trinajstić information content (AvgIpc) is 2.56. The topological polar surface area (TPSA) is 58.2 Å². The fourth-order valence-corrected chi connectivity index (χ4v) is 3.06. The van der Waals surface area contributed by atoms with Crippen molar-refractivity contribution in [2.75, 3.05) is 15.8 Å². The molecule has 0 heterocycles. The molecule has 0 unspecified atom stereocenters. The van der Waals surface area contributed by atoms with Crippen molar-refractivity contribution in [3.05, 3.63) is 53.6 Å². The van der Waals surface area contributed by atoms with Crippen LogP contribution in [0.3, 0.4) is 0 Å². The van der Waals surface area contributed by atoms with Crippen molar-refractivity contribution in [3.63, 3.8) is 0 Å². The molecule has 2 aromatic carbocycles. The van der Waals surface area contributed by atoms with Crippen LogP contribution in [0.4, 0.5) is 17.1 Å². The zero-order chi connectivity index (χ0) is 16.9. The van der Waals surface area contributed by atoms with Crippen LogP contribution in [0.1, 0.15) is 31.9 Å². The summed E-state index contributed by atoms with van der Waals surface area (Å²) < 4.78 is 25.7. The second-order valence-corrected chi connectivity index (χ2v) is 7.38. The van der Waals surface area contributed by atoms with E-state index in [1.807, 2.05) is 12.1 Å². The highest BCUT2D eigenvalue weighted by molar-refractivity contribution is 7.92. The lowest BCUT2D eigenvalue weighted by molar-refractivity contribution is 0.602. The van der Waals surface area contributed by atoms with E-state index in [0.717, 1.165) is 24.2 Å². The van der Waals surface area contributed by atoms with Crippen molar-refractivity contribution in [1.82, 2.24) is 0 Å². The minimum atomic E-state index is -3.24. The summed E-state index contributed by atoms with van der Waals surface area (Å²) in [5, 5.41) is 3.47. The van der Waals surface area contributed by atoms with Crippen LogP contribution in [-0.2, 0) is 22.9 Å². The number of aryl methyl sites for hydroxylation is 2. The summed E-state index contributed by atoms with van der Waals surface area (Å²) in [4.78, 5) is 0. The largest absolute Gasteiger partial charge is 0.355 e. The van der Waals surface area contributed by atoms with E-state index in [9.17, 15) is 8.42 Å². The van der Waals surface area contributed by atoms with Crippen molar-refractivity contribution < 1.29 is 8.42 Å². The van der Waals surface area contributed by atoms with Crippen LogP contribution in [0.2, 0.25) is 0 Å². The highest BCUT2D eigenvalue weighted by atomic mass is 32.2. The van der Waals surface area contributed by atoms with Crippen molar-refractivity contribution in [2.24, 2.45) is 0 Å². The molecule has 124 valence electrons. The minimum absolute atomic E-state index is 0.0662. The second kappa shape index (κ2) is 7.51. The van der Waals surface area contributed by atoms with Crippen molar-refractivity contribution in [1.29, 1.82) is 0 Å². The monoisotopic (exact) mass is 332 g/mol. The van der Waals surface area contributed by atoms with Gasteiger partial charge in [-0.1, -0.05) is 32.0 Å². The molecule has 0 aliphatic heterocycles. The molecule has 5 heteroatoms. The van der Waals surface area contributed by atoms with Crippen LogP contribution in [0, 0.1) is 0 Å². The molecule has 0 bridgehead atoms. The van der Waals surface area contributed by atoms with Gasteiger partial charge in [-0.05, 0) is 55.2 Å². The van der Waals surface area contributed by atoms with E-state index in [0.29, 0.717) is 5.69 Å². The zero-order valence-corrected chi connectivity index (χ0v) is 14.7. The van der Waals surface area contributed by atoms with Gasteiger partial charge in [0.15, 0.2) is 0 Å². The van der Waals surface area contributed by atoms with Gasteiger partial charge < -0.3 is 5.32 Å². The number of sulfonamides is 1. The van der Waals surface area contributed by atoms with Gasteiger partial charge in [-0.2, -0.15) is 0 Å². The molecule has 0 saturated carbocycles. The Morgan fingerprint density at radius 3 is 1.83 bits per heavy atom. The van der Waals surface area contributed by atoms with Crippen LogP contribution >= 0.6 is 0 Å². The Labute approximate surface area is 139 Å². The average molecular weight is 332 g/mol. The summed E-state index contributed by atoms with van der Waals surface area (Å²) in [6.07, 6.45) is 1.93. The third-order valence-corrected chi connectivity index (χ3v) is 5.11. The van der Waals surface area contributed by atoms with Crippen LogP contribution < -0.4 is 10.0 Å². The smallest absolute Gasteiger partial charge is 0.232 e. The molecule has 0 fully saturated rings. The molecule has 0 aliphatic carbocycles. The summed E-state index contributed by atoms with van der Waals surface area (Å²) in [7, 11) is -3.24. The minimum Gasteiger partial charge on any atom is -0.355 e. The van der Waals surface area contributed by atoms with E-state index in [2.05, 4.69) is 42.1 Å². The van der Waals surface area contributed by atoms with Gasteiger partial charge in [0.05, 0.1) is 5.75 Å². The first-order chi connectivity index (χ1) is 11.0. The molecule has 0 atom stereocenters. The second-order valence-electron chi connectivity index (χ2n) is 5.37. The molecule has 2 N–H and O–H groups in total. The molecule has 0 saturated heterocycles. The van der Waals surface area contributed by atoms with Crippen LogP contribution in [-0.4, -0.2) is 14.2 Å². The number of hydrogen-bond donors (Lipinski definition) is 2. The Hall–Kier alpha value is -2.01. The van der Waals surface area contributed by atoms with E-state index >= 15 is 0 Å². The quantitative estimate of drug-likeness (QED) is 0.794. The number of para-hydroxylation sites is 1. The lowest BCUT2D eigenvalue weighted by Crippen LogP contribution is -2.14. The number of anilines is 3. The summed E-state index contributed by atoms with van der Waals surface area (Å²) >= 11 is 0. The number of hydrogen-bond acceptors (Lipinski definition) is 3. The predicted molar refractivity (Wildman–Crippen MR) is 98.0 cm³/mol. The van der Waals surface area contributed by atoms with Crippen LogP contribution in [0.5, 0.6) is 0 Å². The van der Waals surface area contributed by atoms with Gasteiger partial charge in [-0.15, -0.1) is 0 Å². The van der Waals surface area contributed by atoms with E-state index in [-0.39, 0.29) is 5.75 Å². The Bertz CT molecular complexity index is 731. The van der Waals surface area contributed by atoms with Gasteiger partial charge in [0.2, 0.25) is 10.0 Å². The maximum Gasteiger partial charge on any atom is 0.232 e. The number of benzene rings is 2. The van der Waals surface area contributed by atoms with Gasteiger partial charge in [-0.3, -0.25) is 4.72 Å². The number of nitrogens with one attached hydrogen (secondary N) is 2. The fourth-order valence-electron chi connectivity index (χ4n) is 2.42. The first kappa shape index (κ1) is 17.3. The molecule has 0 amide bonds. The van der Waals surface area contributed by atoms with Crippen LogP contribution in [0.25, 0.3) is 0 Å². The molecule has 0 spiro atoms. The van der Waals surface area contributed by atoms with Gasteiger partial charge in [-0.25, -0.2) is 8.42 Å². The standard InChI is InChI=1S/C18H24N2O2S/c1-4-14-8-7-9-15(5-2)18(14)19-16-10-12-17(13-11-16)20-23(21,22)6-3/h7-13,19-20H,4-6H2,1-3H3. The SMILES string of the molecule is CCc1cccc(CC)c1Nc1ccc(NS(=O)(=O)CC)cc1. The molecule has 0 aromatic heterocycles. The predicted octanol–water partition coefficient (Wildman–Crippen LogP) is 4.32. The van der Waals surface area contributed by atoms with Crippen molar-refractivity contribution >= 4 is 27.1 Å². The molecule has 2 rings (SSSR count). The third kappa shape index (κ3) is 4.48. The van der Waals surface area contributed by atoms with Gasteiger partial charge in [0.1, 0.15) is 0 Å². The summed E-state index contributed by atoms with van der Waals surface area (Å²) in [5.41, 5.74) is 5.23. The molecule has 2 aromatic rings. The third-order valence-electron chi connectivity index (χ3n) is 3.81. The Balaban J connectivity index is 2.22. The Morgan fingerprint density at radius 1 is 0.826 bits per heavy atom. The van der Waals surface area contributed by atoms with E-state index in [1.165, 1.54) is 11.1 Å². The van der Waals surface area contributed by atoms with Gasteiger partial charge >= 0.3 is 0 Å².